The van der Waals surface area contributed by atoms with E-state index in [0.717, 1.165) is 11.3 Å². The second-order valence-corrected chi connectivity index (χ2v) is 2.68. The maximum absolute atomic E-state index is 9.24. The van der Waals surface area contributed by atoms with Crippen molar-refractivity contribution in [2.45, 2.75) is 12.5 Å². The molecule has 11 heavy (non-hydrogen) atoms. The highest BCUT2D eigenvalue weighted by Gasteiger charge is 2.10. The van der Waals surface area contributed by atoms with E-state index in [1.165, 1.54) is 0 Å². The van der Waals surface area contributed by atoms with Crippen molar-refractivity contribution in [3.8, 4) is 0 Å². The maximum atomic E-state index is 9.24. The highest BCUT2D eigenvalue weighted by Crippen LogP contribution is 2.15. The highest BCUT2D eigenvalue weighted by atomic mass is 16.3. The first-order valence-electron chi connectivity index (χ1n) is 3.66. The van der Waals surface area contributed by atoms with E-state index in [9.17, 15) is 5.11 Å². The molecule has 0 saturated carbocycles. The first-order valence-corrected chi connectivity index (χ1v) is 3.66. The van der Waals surface area contributed by atoms with Crippen LogP contribution in [-0.2, 0) is 6.42 Å². The van der Waals surface area contributed by atoms with Crippen molar-refractivity contribution in [2.75, 3.05) is 0 Å². The fourth-order valence-electron chi connectivity index (χ4n) is 1.27. The smallest absolute Gasteiger partial charge is 0.0765 e. The molecule has 0 amide bonds. The van der Waals surface area contributed by atoms with Gasteiger partial charge in [0.2, 0.25) is 0 Å². The summed E-state index contributed by atoms with van der Waals surface area (Å²) in [6.07, 6.45) is 5.77. The van der Waals surface area contributed by atoms with Crippen molar-refractivity contribution in [3.05, 3.63) is 35.7 Å². The molecule has 2 rings (SSSR count). The maximum Gasteiger partial charge on any atom is 0.0765 e. The Bertz CT molecular complexity index is 293. The molecule has 1 aliphatic rings. The van der Waals surface area contributed by atoms with Crippen LogP contribution in [0.5, 0.6) is 0 Å². The topological polar surface area (TPSA) is 33.1 Å². The predicted octanol–water partition coefficient (Wildman–Crippen LogP) is 1.01. The molecule has 0 aliphatic heterocycles. The van der Waals surface area contributed by atoms with E-state index in [4.69, 9.17) is 0 Å². The lowest BCUT2D eigenvalue weighted by Gasteiger charge is -2.12. The van der Waals surface area contributed by atoms with Crippen LogP contribution in [0.15, 0.2) is 24.4 Å². The molecule has 1 atom stereocenters. The standard InChI is InChI=1S/C9H9NO/c11-8-3-4-9-7(6-8)2-1-5-10-9/h1-5,8,11H,6H2. The largest absolute Gasteiger partial charge is 0.389 e. The van der Waals surface area contributed by atoms with Crippen molar-refractivity contribution in [1.82, 2.24) is 4.98 Å². The Balaban J connectivity index is 2.46. The average molecular weight is 147 g/mol. The molecule has 1 N–H and O–H groups in total. The number of hydrogen-bond acceptors (Lipinski definition) is 2. The molecule has 2 heteroatoms. The van der Waals surface area contributed by atoms with Crippen molar-refractivity contribution in [2.24, 2.45) is 0 Å². The zero-order chi connectivity index (χ0) is 7.68. The fourth-order valence-corrected chi connectivity index (χ4v) is 1.27. The molecule has 0 radical (unpaired) electrons. The Kier molecular flexibility index (Phi) is 1.47. The van der Waals surface area contributed by atoms with Crippen LogP contribution in [0.2, 0.25) is 0 Å². The molecule has 1 aromatic heterocycles. The van der Waals surface area contributed by atoms with Crippen LogP contribution >= 0.6 is 0 Å². The minimum Gasteiger partial charge on any atom is -0.389 e. The van der Waals surface area contributed by atoms with Crippen LogP contribution < -0.4 is 0 Å². The number of aliphatic hydroxyl groups excluding tert-OH is 1. The molecule has 0 bridgehead atoms. The summed E-state index contributed by atoms with van der Waals surface area (Å²) in [4.78, 5) is 4.16. The number of pyridine rings is 1. The Morgan fingerprint density at radius 3 is 3.36 bits per heavy atom. The average Bonchev–Trinajstić information content (AvgIpc) is 2.04. The number of fused-ring (bicyclic) bond motifs is 1. The predicted molar refractivity (Wildman–Crippen MR) is 43.0 cm³/mol. The van der Waals surface area contributed by atoms with E-state index < -0.39 is 0 Å². The van der Waals surface area contributed by atoms with Crippen LogP contribution in [0.4, 0.5) is 0 Å². The molecular weight excluding hydrogens is 138 g/mol. The number of aromatic nitrogens is 1. The van der Waals surface area contributed by atoms with Crippen molar-refractivity contribution in [3.63, 3.8) is 0 Å². The van der Waals surface area contributed by atoms with Gasteiger partial charge in [0, 0.05) is 12.6 Å². The number of aliphatic hydroxyl groups is 1. The summed E-state index contributed by atoms with van der Waals surface area (Å²) in [5.74, 6) is 0. The fraction of sp³-hybridized carbons (Fsp3) is 0.222. The molecule has 0 spiro atoms. The Hall–Kier alpha value is -1.15. The lowest BCUT2D eigenvalue weighted by molar-refractivity contribution is 0.223. The van der Waals surface area contributed by atoms with Crippen molar-refractivity contribution in [1.29, 1.82) is 0 Å². The van der Waals surface area contributed by atoms with Crippen LogP contribution in [-0.4, -0.2) is 16.2 Å². The van der Waals surface area contributed by atoms with Gasteiger partial charge in [-0.05, 0) is 17.7 Å². The third-order valence-electron chi connectivity index (χ3n) is 1.83. The second kappa shape index (κ2) is 2.47. The van der Waals surface area contributed by atoms with Gasteiger partial charge in [-0.1, -0.05) is 12.1 Å². The summed E-state index contributed by atoms with van der Waals surface area (Å²) in [5, 5.41) is 9.24. The van der Waals surface area contributed by atoms with E-state index in [1.54, 1.807) is 12.3 Å². The molecule has 0 fully saturated rings. The third kappa shape index (κ3) is 1.17. The Morgan fingerprint density at radius 2 is 2.45 bits per heavy atom. The molecule has 56 valence electrons. The van der Waals surface area contributed by atoms with Gasteiger partial charge in [-0.25, -0.2) is 0 Å². The SMILES string of the molecule is OC1C=Cc2ncccc2C1. The number of rotatable bonds is 0. The monoisotopic (exact) mass is 147 g/mol. The van der Waals surface area contributed by atoms with Gasteiger partial charge in [-0.2, -0.15) is 0 Å². The van der Waals surface area contributed by atoms with Gasteiger partial charge in [0.25, 0.3) is 0 Å². The normalized spacial score (nSPS) is 21.4. The molecule has 1 aliphatic carbocycles. The Labute approximate surface area is 65.2 Å². The summed E-state index contributed by atoms with van der Waals surface area (Å²) in [5.41, 5.74) is 2.11. The van der Waals surface area contributed by atoms with Gasteiger partial charge in [0.1, 0.15) is 0 Å². The zero-order valence-electron chi connectivity index (χ0n) is 6.07. The quantitative estimate of drug-likeness (QED) is 0.594. The molecular formula is C9H9NO. The van der Waals surface area contributed by atoms with Crippen molar-refractivity contribution < 1.29 is 5.11 Å². The first kappa shape index (κ1) is 6.55. The molecule has 2 nitrogen and oxygen atoms in total. The van der Waals surface area contributed by atoms with Gasteiger partial charge >= 0.3 is 0 Å². The van der Waals surface area contributed by atoms with Gasteiger partial charge in [-0.15, -0.1) is 0 Å². The van der Waals surface area contributed by atoms with E-state index >= 15 is 0 Å². The van der Waals surface area contributed by atoms with Crippen molar-refractivity contribution >= 4 is 6.08 Å². The summed E-state index contributed by atoms with van der Waals surface area (Å²) in [6.45, 7) is 0. The van der Waals surface area contributed by atoms with Crippen LogP contribution in [0.25, 0.3) is 6.08 Å². The van der Waals surface area contributed by atoms with Gasteiger partial charge in [0.05, 0.1) is 11.8 Å². The minimum atomic E-state index is -0.327. The Morgan fingerprint density at radius 1 is 1.55 bits per heavy atom. The second-order valence-electron chi connectivity index (χ2n) is 2.68. The summed E-state index contributed by atoms with van der Waals surface area (Å²) < 4.78 is 0. The minimum absolute atomic E-state index is 0.327. The van der Waals surface area contributed by atoms with Crippen LogP contribution in [0.3, 0.4) is 0 Å². The lowest BCUT2D eigenvalue weighted by atomic mass is 10.0. The van der Waals surface area contributed by atoms with E-state index in [2.05, 4.69) is 4.98 Å². The number of nitrogens with zero attached hydrogens (tertiary/aromatic N) is 1. The molecule has 1 heterocycles. The highest BCUT2D eigenvalue weighted by molar-refractivity contribution is 5.52. The molecule has 1 aromatic rings. The molecule has 0 aromatic carbocycles. The van der Waals surface area contributed by atoms with E-state index in [0.29, 0.717) is 6.42 Å². The van der Waals surface area contributed by atoms with Crippen LogP contribution in [0.1, 0.15) is 11.3 Å². The molecule has 1 unspecified atom stereocenters. The van der Waals surface area contributed by atoms with Gasteiger partial charge in [-0.3, -0.25) is 4.98 Å². The zero-order valence-corrected chi connectivity index (χ0v) is 6.07. The van der Waals surface area contributed by atoms with E-state index in [-0.39, 0.29) is 6.10 Å². The summed E-state index contributed by atoms with van der Waals surface area (Å²) in [7, 11) is 0. The van der Waals surface area contributed by atoms with Gasteiger partial charge in [0.15, 0.2) is 0 Å². The summed E-state index contributed by atoms with van der Waals surface area (Å²) in [6, 6.07) is 3.89. The third-order valence-corrected chi connectivity index (χ3v) is 1.83. The summed E-state index contributed by atoms with van der Waals surface area (Å²) >= 11 is 0. The number of hydrogen-bond donors (Lipinski definition) is 1. The van der Waals surface area contributed by atoms with E-state index in [1.807, 2.05) is 18.2 Å². The first-order chi connectivity index (χ1) is 5.36. The lowest BCUT2D eigenvalue weighted by Crippen LogP contribution is -2.11. The van der Waals surface area contributed by atoms with Crippen LogP contribution in [0, 0.1) is 0 Å². The molecule has 0 saturated heterocycles. The van der Waals surface area contributed by atoms with Gasteiger partial charge < -0.3 is 5.11 Å².